The van der Waals surface area contributed by atoms with Crippen LogP contribution in [-0.4, -0.2) is 5.78 Å². The van der Waals surface area contributed by atoms with Gasteiger partial charge in [0.1, 0.15) is 0 Å². The molecule has 4 heteroatoms. The van der Waals surface area contributed by atoms with Crippen LogP contribution in [0.1, 0.15) is 15.2 Å². The molecule has 82 valence electrons. The van der Waals surface area contributed by atoms with E-state index in [1.807, 2.05) is 17.5 Å². The maximum absolute atomic E-state index is 12.9. The number of thiophene rings is 1. The van der Waals surface area contributed by atoms with E-state index in [-0.39, 0.29) is 17.8 Å². The molecule has 1 aromatic heterocycles. The van der Waals surface area contributed by atoms with E-state index in [2.05, 4.69) is 0 Å². The summed E-state index contributed by atoms with van der Waals surface area (Å²) in [6.07, 6.45) is 0.225. The molecule has 0 bridgehead atoms. The minimum Gasteiger partial charge on any atom is -0.294 e. The quantitative estimate of drug-likeness (QED) is 0.748. The van der Waals surface area contributed by atoms with E-state index in [9.17, 15) is 13.6 Å². The van der Waals surface area contributed by atoms with Gasteiger partial charge in [0.25, 0.3) is 0 Å². The Hall–Kier alpha value is -1.55. The summed E-state index contributed by atoms with van der Waals surface area (Å²) >= 11 is 1.46. The van der Waals surface area contributed by atoms with E-state index in [1.165, 1.54) is 17.4 Å². The van der Waals surface area contributed by atoms with E-state index in [0.29, 0.717) is 0 Å². The highest BCUT2D eigenvalue weighted by atomic mass is 32.1. The molecule has 2 aromatic rings. The molecule has 16 heavy (non-hydrogen) atoms. The van der Waals surface area contributed by atoms with Gasteiger partial charge in [-0.25, -0.2) is 8.78 Å². The van der Waals surface area contributed by atoms with Crippen molar-refractivity contribution in [2.24, 2.45) is 0 Å². The topological polar surface area (TPSA) is 17.1 Å². The minimum atomic E-state index is -0.989. The fraction of sp³-hybridized carbons (Fsp3) is 0.0833. The number of ketones is 1. The molecule has 0 amide bonds. The monoisotopic (exact) mass is 238 g/mol. The number of benzene rings is 1. The van der Waals surface area contributed by atoms with Crippen molar-refractivity contribution >= 4 is 17.1 Å². The minimum absolute atomic E-state index is 0.201. The molecule has 2 rings (SSSR count). The van der Waals surface area contributed by atoms with Gasteiger partial charge in [-0.05, 0) is 29.6 Å². The zero-order valence-electron chi connectivity index (χ0n) is 8.24. The fourth-order valence-electron chi connectivity index (χ4n) is 1.34. The molecule has 0 saturated carbocycles. The van der Waals surface area contributed by atoms with E-state index in [0.717, 1.165) is 17.0 Å². The Kier molecular flexibility index (Phi) is 3.10. The standard InChI is InChI=1S/C12H8F2OS/c13-10-4-3-8(6-11(10)14)12(15)7-9-2-1-5-16-9/h1-6H,7H2. The van der Waals surface area contributed by atoms with Crippen LogP contribution in [0.25, 0.3) is 0 Å². The Bertz CT molecular complexity index is 506. The van der Waals surface area contributed by atoms with Gasteiger partial charge in [0.05, 0.1) is 0 Å². The molecular weight excluding hydrogens is 230 g/mol. The first kappa shape index (κ1) is 11.0. The summed E-state index contributed by atoms with van der Waals surface area (Å²) in [6.45, 7) is 0. The van der Waals surface area contributed by atoms with Crippen LogP contribution in [0.5, 0.6) is 0 Å². The molecule has 1 aromatic carbocycles. The molecule has 0 aliphatic rings. The normalized spacial score (nSPS) is 10.4. The predicted molar refractivity (Wildman–Crippen MR) is 58.7 cm³/mol. The van der Waals surface area contributed by atoms with Crippen LogP contribution in [-0.2, 0) is 6.42 Å². The van der Waals surface area contributed by atoms with Gasteiger partial charge in [-0.15, -0.1) is 11.3 Å². The summed E-state index contributed by atoms with van der Waals surface area (Å²) in [5.74, 6) is -2.13. The lowest BCUT2D eigenvalue weighted by Crippen LogP contribution is -2.03. The number of hydrogen-bond donors (Lipinski definition) is 0. The summed E-state index contributed by atoms with van der Waals surface area (Å²) in [7, 11) is 0. The number of hydrogen-bond acceptors (Lipinski definition) is 2. The summed E-state index contributed by atoms with van der Waals surface area (Å²) < 4.78 is 25.5. The maximum Gasteiger partial charge on any atom is 0.168 e. The van der Waals surface area contributed by atoms with Gasteiger partial charge in [0, 0.05) is 16.9 Å². The third-order valence-electron chi connectivity index (χ3n) is 2.16. The third kappa shape index (κ3) is 2.33. The van der Waals surface area contributed by atoms with E-state index in [4.69, 9.17) is 0 Å². The second kappa shape index (κ2) is 4.53. The Labute approximate surface area is 95.4 Å². The van der Waals surface area contributed by atoms with Crippen molar-refractivity contribution in [1.29, 1.82) is 0 Å². The van der Waals surface area contributed by atoms with E-state index < -0.39 is 11.6 Å². The number of Topliss-reactive ketones (excluding diaryl/α,β-unsaturated/α-hetero) is 1. The van der Waals surface area contributed by atoms with Gasteiger partial charge >= 0.3 is 0 Å². The maximum atomic E-state index is 12.9. The van der Waals surface area contributed by atoms with Crippen LogP contribution < -0.4 is 0 Å². The highest BCUT2D eigenvalue weighted by Crippen LogP contribution is 2.14. The Morgan fingerprint density at radius 3 is 2.62 bits per heavy atom. The molecule has 0 unspecified atom stereocenters. The van der Waals surface area contributed by atoms with Crippen LogP contribution in [0, 0.1) is 11.6 Å². The van der Waals surface area contributed by atoms with Gasteiger partial charge in [-0.1, -0.05) is 6.07 Å². The van der Waals surface area contributed by atoms with Gasteiger partial charge in [-0.2, -0.15) is 0 Å². The molecule has 0 fully saturated rings. The summed E-state index contributed by atoms with van der Waals surface area (Å²) in [5.41, 5.74) is 0.201. The molecule has 0 radical (unpaired) electrons. The average molecular weight is 238 g/mol. The largest absolute Gasteiger partial charge is 0.294 e. The molecule has 1 nitrogen and oxygen atoms in total. The van der Waals surface area contributed by atoms with Crippen molar-refractivity contribution < 1.29 is 13.6 Å². The first-order valence-electron chi connectivity index (χ1n) is 4.67. The van der Waals surface area contributed by atoms with Crippen LogP contribution in [0.4, 0.5) is 8.78 Å². The number of halogens is 2. The lowest BCUT2D eigenvalue weighted by molar-refractivity contribution is 0.0993. The molecule has 0 spiro atoms. The van der Waals surface area contributed by atoms with Gasteiger partial charge < -0.3 is 0 Å². The molecule has 0 aliphatic heterocycles. The van der Waals surface area contributed by atoms with Gasteiger partial charge in [0.2, 0.25) is 0 Å². The SMILES string of the molecule is O=C(Cc1cccs1)c1ccc(F)c(F)c1. The molecule has 1 heterocycles. The highest BCUT2D eigenvalue weighted by Gasteiger charge is 2.10. The lowest BCUT2D eigenvalue weighted by Gasteiger charge is -2.00. The van der Waals surface area contributed by atoms with Crippen molar-refractivity contribution in [2.75, 3.05) is 0 Å². The summed E-state index contributed by atoms with van der Waals surface area (Å²) in [6, 6.07) is 6.89. The third-order valence-corrected chi connectivity index (χ3v) is 3.03. The first-order chi connectivity index (χ1) is 7.66. The van der Waals surface area contributed by atoms with Crippen LogP contribution in [0.2, 0.25) is 0 Å². The van der Waals surface area contributed by atoms with Crippen molar-refractivity contribution in [3.05, 3.63) is 57.8 Å². The second-order valence-corrected chi connectivity index (χ2v) is 4.34. The number of rotatable bonds is 3. The molecule has 0 atom stereocenters. The molecule has 0 saturated heterocycles. The van der Waals surface area contributed by atoms with Crippen LogP contribution in [0.15, 0.2) is 35.7 Å². The first-order valence-corrected chi connectivity index (χ1v) is 5.55. The van der Waals surface area contributed by atoms with Gasteiger partial charge in [-0.3, -0.25) is 4.79 Å². The van der Waals surface area contributed by atoms with Gasteiger partial charge in [0.15, 0.2) is 17.4 Å². The number of carbonyl (C=O) groups excluding carboxylic acids is 1. The van der Waals surface area contributed by atoms with E-state index >= 15 is 0 Å². The Balaban J connectivity index is 2.18. The van der Waals surface area contributed by atoms with Crippen molar-refractivity contribution in [1.82, 2.24) is 0 Å². The Morgan fingerprint density at radius 1 is 1.19 bits per heavy atom. The lowest BCUT2D eigenvalue weighted by atomic mass is 10.1. The number of carbonyl (C=O) groups is 1. The van der Waals surface area contributed by atoms with Crippen LogP contribution in [0.3, 0.4) is 0 Å². The highest BCUT2D eigenvalue weighted by molar-refractivity contribution is 7.10. The predicted octanol–water partition coefficient (Wildman–Crippen LogP) is 3.45. The van der Waals surface area contributed by atoms with Crippen molar-refractivity contribution in [2.45, 2.75) is 6.42 Å². The summed E-state index contributed by atoms with van der Waals surface area (Å²) in [5, 5.41) is 1.87. The van der Waals surface area contributed by atoms with E-state index in [1.54, 1.807) is 0 Å². The van der Waals surface area contributed by atoms with Crippen LogP contribution >= 0.6 is 11.3 Å². The smallest absolute Gasteiger partial charge is 0.168 e. The molecular formula is C12H8F2OS. The Morgan fingerprint density at radius 2 is 2.00 bits per heavy atom. The van der Waals surface area contributed by atoms with Crippen molar-refractivity contribution in [3.8, 4) is 0 Å². The summed E-state index contributed by atoms with van der Waals surface area (Å²) in [4.78, 5) is 12.6. The zero-order chi connectivity index (χ0) is 11.5. The van der Waals surface area contributed by atoms with Crippen molar-refractivity contribution in [3.63, 3.8) is 0 Å². The zero-order valence-corrected chi connectivity index (χ0v) is 9.06. The average Bonchev–Trinajstić information content (AvgIpc) is 2.74. The molecule has 0 N–H and O–H groups in total. The fourth-order valence-corrected chi connectivity index (χ4v) is 2.05. The molecule has 0 aliphatic carbocycles. The second-order valence-electron chi connectivity index (χ2n) is 3.31.